The maximum atomic E-state index is 5.87. The molecule has 0 bridgehead atoms. The minimum atomic E-state index is 0.403. The van der Waals surface area contributed by atoms with Crippen LogP contribution in [0.3, 0.4) is 0 Å². The number of ether oxygens (including phenoxy) is 4. The molecule has 2 aromatic carbocycles. The summed E-state index contributed by atoms with van der Waals surface area (Å²) in [5.41, 5.74) is 7.05. The number of hydrogen-bond donors (Lipinski definition) is 1. The number of aromatic nitrogens is 2. The van der Waals surface area contributed by atoms with Crippen molar-refractivity contribution >= 4 is 16.6 Å². The van der Waals surface area contributed by atoms with Gasteiger partial charge in [0.05, 0.1) is 24.6 Å². The Bertz CT molecular complexity index is 853. The molecule has 0 aliphatic rings. The smallest absolute Gasteiger partial charge is 0.230 e. The van der Waals surface area contributed by atoms with Crippen molar-refractivity contribution in [2.45, 2.75) is 0 Å². The first-order valence-electron chi connectivity index (χ1n) is 7.69. The highest BCUT2D eigenvalue weighted by Gasteiger charge is 2.13. The average molecular weight is 341 g/mol. The van der Waals surface area contributed by atoms with Gasteiger partial charge in [-0.1, -0.05) is 0 Å². The van der Waals surface area contributed by atoms with Crippen LogP contribution in [0.4, 0.5) is 5.69 Å². The number of rotatable bonds is 7. The van der Waals surface area contributed by atoms with Gasteiger partial charge in [-0.05, 0) is 30.3 Å². The van der Waals surface area contributed by atoms with Crippen molar-refractivity contribution < 1.29 is 18.9 Å². The second-order valence-corrected chi connectivity index (χ2v) is 5.21. The van der Waals surface area contributed by atoms with Crippen LogP contribution in [-0.4, -0.2) is 37.4 Å². The number of nitrogen functional groups attached to an aromatic ring is 1. The third kappa shape index (κ3) is 3.89. The van der Waals surface area contributed by atoms with Gasteiger partial charge in [-0.15, -0.1) is 0 Å². The maximum Gasteiger partial charge on any atom is 0.230 e. The number of methoxy groups -OCH3 is 2. The highest BCUT2D eigenvalue weighted by Crippen LogP contribution is 2.36. The van der Waals surface area contributed by atoms with Crippen LogP contribution in [0, 0.1) is 0 Å². The Morgan fingerprint density at radius 2 is 1.76 bits per heavy atom. The van der Waals surface area contributed by atoms with Gasteiger partial charge in [0.2, 0.25) is 5.88 Å². The fraction of sp³-hybridized carbons (Fsp3) is 0.222. The molecule has 0 spiro atoms. The molecule has 130 valence electrons. The Balaban J connectivity index is 1.97. The van der Waals surface area contributed by atoms with Gasteiger partial charge in [0.1, 0.15) is 18.7 Å². The van der Waals surface area contributed by atoms with E-state index in [0.717, 1.165) is 0 Å². The molecule has 0 saturated carbocycles. The van der Waals surface area contributed by atoms with Gasteiger partial charge in [-0.2, -0.15) is 0 Å². The molecule has 1 heterocycles. The summed E-state index contributed by atoms with van der Waals surface area (Å²) in [7, 11) is 3.20. The van der Waals surface area contributed by atoms with Crippen molar-refractivity contribution in [2.24, 2.45) is 0 Å². The predicted octanol–water partition coefficient (Wildman–Crippen LogP) is 3.04. The van der Waals surface area contributed by atoms with Crippen LogP contribution in [0.5, 0.6) is 23.1 Å². The van der Waals surface area contributed by atoms with E-state index in [-0.39, 0.29) is 0 Å². The quantitative estimate of drug-likeness (QED) is 0.522. The Labute approximate surface area is 145 Å². The number of benzene rings is 2. The SMILES string of the molecule is COCCOc1cc2c(Oc3ccc(N)cc3)ncnc2cc1OC. The molecular formula is C18H19N3O4. The van der Waals surface area contributed by atoms with E-state index in [1.807, 2.05) is 0 Å². The van der Waals surface area contributed by atoms with Gasteiger partial charge >= 0.3 is 0 Å². The topological polar surface area (TPSA) is 88.7 Å². The van der Waals surface area contributed by atoms with Crippen LogP contribution in [0.2, 0.25) is 0 Å². The minimum absolute atomic E-state index is 0.403. The molecule has 0 unspecified atom stereocenters. The third-order valence-electron chi connectivity index (χ3n) is 3.52. The molecule has 0 aliphatic heterocycles. The summed E-state index contributed by atoms with van der Waals surface area (Å²) in [5.74, 6) is 2.21. The van der Waals surface area contributed by atoms with Gasteiger partial charge in [0.25, 0.3) is 0 Å². The zero-order chi connectivity index (χ0) is 17.6. The van der Waals surface area contributed by atoms with Crippen LogP contribution in [-0.2, 0) is 4.74 Å². The molecule has 25 heavy (non-hydrogen) atoms. The summed E-state index contributed by atoms with van der Waals surface area (Å²) in [6.07, 6.45) is 1.44. The van der Waals surface area contributed by atoms with Crippen molar-refractivity contribution in [3.8, 4) is 23.1 Å². The lowest BCUT2D eigenvalue weighted by atomic mass is 10.2. The van der Waals surface area contributed by atoms with Crippen LogP contribution in [0.1, 0.15) is 0 Å². The first-order chi connectivity index (χ1) is 12.2. The normalized spacial score (nSPS) is 10.6. The van der Waals surface area contributed by atoms with Gasteiger partial charge in [0, 0.05) is 18.9 Å². The zero-order valence-corrected chi connectivity index (χ0v) is 14.1. The van der Waals surface area contributed by atoms with Gasteiger partial charge < -0.3 is 24.7 Å². The molecule has 3 rings (SSSR count). The van der Waals surface area contributed by atoms with Gasteiger partial charge in [-0.3, -0.25) is 0 Å². The van der Waals surface area contributed by atoms with Crippen LogP contribution >= 0.6 is 0 Å². The summed E-state index contributed by atoms with van der Waals surface area (Å²) < 4.78 is 22.0. The molecule has 0 saturated heterocycles. The lowest BCUT2D eigenvalue weighted by Crippen LogP contribution is -2.05. The molecule has 0 atom stereocenters. The first kappa shape index (κ1) is 16.8. The molecule has 2 N–H and O–H groups in total. The Morgan fingerprint density at radius 1 is 0.960 bits per heavy atom. The number of fused-ring (bicyclic) bond motifs is 1. The van der Waals surface area contributed by atoms with E-state index in [4.69, 9.17) is 24.7 Å². The van der Waals surface area contributed by atoms with Crippen molar-refractivity contribution in [1.82, 2.24) is 9.97 Å². The summed E-state index contributed by atoms with van der Waals surface area (Å²) >= 11 is 0. The first-order valence-corrected chi connectivity index (χ1v) is 7.69. The fourth-order valence-corrected chi connectivity index (χ4v) is 2.28. The van der Waals surface area contributed by atoms with E-state index in [0.29, 0.717) is 52.9 Å². The molecule has 1 aromatic heterocycles. The van der Waals surface area contributed by atoms with E-state index in [1.54, 1.807) is 50.6 Å². The largest absolute Gasteiger partial charge is 0.493 e. The number of nitrogens with zero attached hydrogens (tertiary/aromatic N) is 2. The Morgan fingerprint density at radius 3 is 2.48 bits per heavy atom. The minimum Gasteiger partial charge on any atom is -0.493 e. The van der Waals surface area contributed by atoms with E-state index < -0.39 is 0 Å². The summed E-state index contributed by atoms with van der Waals surface area (Å²) in [5, 5.41) is 0.715. The zero-order valence-electron chi connectivity index (χ0n) is 14.1. The monoisotopic (exact) mass is 341 g/mol. The highest BCUT2D eigenvalue weighted by molar-refractivity contribution is 5.87. The van der Waals surface area contributed by atoms with E-state index in [1.165, 1.54) is 6.33 Å². The molecule has 7 heteroatoms. The van der Waals surface area contributed by atoms with Crippen LogP contribution < -0.4 is 19.9 Å². The number of nitrogens with two attached hydrogens (primary N) is 1. The van der Waals surface area contributed by atoms with Gasteiger partial charge in [-0.25, -0.2) is 9.97 Å². The van der Waals surface area contributed by atoms with Crippen molar-refractivity contribution in [3.63, 3.8) is 0 Å². The average Bonchev–Trinajstić information content (AvgIpc) is 2.63. The fourth-order valence-electron chi connectivity index (χ4n) is 2.28. The molecule has 0 radical (unpaired) electrons. The van der Waals surface area contributed by atoms with Crippen molar-refractivity contribution in [1.29, 1.82) is 0 Å². The highest BCUT2D eigenvalue weighted by atomic mass is 16.5. The molecule has 0 fully saturated rings. The van der Waals surface area contributed by atoms with E-state index in [9.17, 15) is 0 Å². The Hall–Kier alpha value is -3.06. The predicted molar refractivity (Wildman–Crippen MR) is 94.4 cm³/mol. The molecular weight excluding hydrogens is 322 g/mol. The summed E-state index contributed by atoms with van der Waals surface area (Å²) in [6.45, 7) is 0.876. The van der Waals surface area contributed by atoms with Crippen LogP contribution in [0.15, 0.2) is 42.7 Å². The molecule has 0 aliphatic carbocycles. The Kier molecular flexibility index (Phi) is 5.15. The molecule has 0 amide bonds. The third-order valence-corrected chi connectivity index (χ3v) is 3.52. The van der Waals surface area contributed by atoms with E-state index >= 15 is 0 Å². The van der Waals surface area contributed by atoms with Crippen molar-refractivity contribution in [2.75, 3.05) is 33.2 Å². The standard InChI is InChI=1S/C18H19N3O4/c1-22-7-8-24-17-9-14-15(10-16(17)23-2)20-11-21-18(14)25-13-5-3-12(19)4-6-13/h3-6,9-11H,7-8,19H2,1-2H3. The number of anilines is 1. The maximum absolute atomic E-state index is 5.87. The second-order valence-electron chi connectivity index (χ2n) is 5.21. The lowest BCUT2D eigenvalue weighted by molar-refractivity contribution is 0.144. The summed E-state index contributed by atoms with van der Waals surface area (Å²) in [6, 6.07) is 10.7. The number of hydrogen-bond acceptors (Lipinski definition) is 7. The van der Waals surface area contributed by atoms with Gasteiger partial charge in [0.15, 0.2) is 11.5 Å². The second kappa shape index (κ2) is 7.67. The van der Waals surface area contributed by atoms with Crippen molar-refractivity contribution in [3.05, 3.63) is 42.7 Å². The molecule has 3 aromatic rings. The van der Waals surface area contributed by atoms with E-state index in [2.05, 4.69) is 9.97 Å². The molecule has 7 nitrogen and oxygen atoms in total. The lowest BCUT2D eigenvalue weighted by Gasteiger charge is -2.13. The summed E-state index contributed by atoms with van der Waals surface area (Å²) in [4.78, 5) is 8.50. The van der Waals surface area contributed by atoms with Crippen LogP contribution in [0.25, 0.3) is 10.9 Å².